The minimum Gasteiger partial charge on any atom is -0.345 e. The Morgan fingerprint density at radius 1 is 1.23 bits per heavy atom. The number of anilines is 1. The summed E-state index contributed by atoms with van der Waals surface area (Å²) in [6, 6.07) is 5.40. The normalized spacial score (nSPS) is 20.3. The highest BCUT2D eigenvalue weighted by molar-refractivity contribution is 6.35. The fraction of sp³-hybridized carbons (Fsp3) is 0.381. The Labute approximate surface area is 177 Å². The van der Waals surface area contributed by atoms with Crippen LogP contribution in [0.15, 0.2) is 35.6 Å². The zero-order valence-electron chi connectivity index (χ0n) is 16.5. The molecule has 0 radical (unpaired) electrons. The second kappa shape index (κ2) is 6.25. The van der Waals surface area contributed by atoms with Crippen LogP contribution in [-0.2, 0) is 5.54 Å². The number of nitrogens with one attached hydrogen (secondary N) is 1. The first-order valence-electron chi connectivity index (χ1n) is 10.2. The van der Waals surface area contributed by atoms with Crippen LogP contribution in [0.1, 0.15) is 44.5 Å². The van der Waals surface area contributed by atoms with Crippen molar-refractivity contribution in [2.45, 2.75) is 44.2 Å². The summed E-state index contributed by atoms with van der Waals surface area (Å²) in [6.07, 6.45) is 6.98. The molecule has 4 aromatic rings. The Bertz CT molecular complexity index is 1360. The molecule has 4 heterocycles. The molecule has 0 amide bonds. The Hall–Kier alpha value is -3.00. The minimum absolute atomic E-state index is 0.0539. The van der Waals surface area contributed by atoms with E-state index in [1.54, 1.807) is 12.4 Å². The van der Waals surface area contributed by atoms with Crippen molar-refractivity contribution < 1.29 is 0 Å². The van der Waals surface area contributed by atoms with Crippen LogP contribution >= 0.6 is 11.6 Å². The van der Waals surface area contributed by atoms with E-state index in [4.69, 9.17) is 16.6 Å². The molecule has 2 aliphatic rings. The van der Waals surface area contributed by atoms with Gasteiger partial charge in [0.05, 0.1) is 28.3 Å². The zero-order chi connectivity index (χ0) is 20.5. The summed E-state index contributed by atoms with van der Waals surface area (Å²) >= 11 is 6.40. The molecular formula is C21H20ClN7O. The molecule has 1 saturated heterocycles. The third-order valence-corrected chi connectivity index (χ3v) is 6.73. The first kappa shape index (κ1) is 17.8. The smallest absolute Gasteiger partial charge is 0.263 e. The number of benzene rings is 1. The van der Waals surface area contributed by atoms with Gasteiger partial charge in [0.1, 0.15) is 17.7 Å². The van der Waals surface area contributed by atoms with Crippen LogP contribution in [0.4, 0.5) is 5.82 Å². The van der Waals surface area contributed by atoms with Crippen LogP contribution in [0.3, 0.4) is 0 Å². The standard InChI is InChI=1S/C21H20ClN7O/c1-21(7-8-21)29-18(27-13-5-2-4-12(22)15(13)20(29)30)14-6-3-9-28(14)19-16-17(24-10-23-16)25-11-26-19/h2,4-5,10-11,14H,3,6-9H2,1H3,(H,23,24,25,26)/t14-/m0/s1. The molecule has 0 unspecified atom stereocenters. The van der Waals surface area contributed by atoms with Crippen molar-refractivity contribution in [3.63, 3.8) is 0 Å². The van der Waals surface area contributed by atoms with E-state index >= 15 is 0 Å². The summed E-state index contributed by atoms with van der Waals surface area (Å²) in [5.74, 6) is 1.59. The fourth-order valence-electron chi connectivity index (χ4n) is 4.62. The van der Waals surface area contributed by atoms with E-state index in [1.165, 1.54) is 6.33 Å². The van der Waals surface area contributed by atoms with E-state index in [1.807, 2.05) is 16.7 Å². The average molecular weight is 422 g/mol. The van der Waals surface area contributed by atoms with Gasteiger partial charge in [-0.15, -0.1) is 0 Å². The second-order valence-electron chi connectivity index (χ2n) is 8.39. The largest absolute Gasteiger partial charge is 0.345 e. The maximum absolute atomic E-state index is 13.6. The highest BCUT2D eigenvalue weighted by Gasteiger charge is 2.45. The number of nitrogens with zero attached hydrogens (tertiary/aromatic N) is 6. The molecule has 3 aromatic heterocycles. The predicted molar refractivity (Wildman–Crippen MR) is 115 cm³/mol. The van der Waals surface area contributed by atoms with Gasteiger partial charge in [0.15, 0.2) is 11.5 Å². The van der Waals surface area contributed by atoms with E-state index in [-0.39, 0.29) is 17.1 Å². The van der Waals surface area contributed by atoms with Gasteiger partial charge in [-0.1, -0.05) is 17.7 Å². The fourth-order valence-corrected chi connectivity index (χ4v) is 4.87. The zero-order valence-corrected chi connectivity index (χ0v) is 17.2. The lowest BCUT2D eigenvalue weighted by Gasteiger charge is -2.29. The van der Waals surface area contributed by atoms with Crippen LogP contribution in [0.5, 0.6) is 0 Å². The molecule has 8 nitrogen and oxygen atoms in total. The van der Waals surface area contributed by atoms with Gasteiger partial charge in [-0.2, -0.15) is 0 Å². The van der Waals surface area contributed by atoms with E-state index in [9.17, 15) is 4.79 Å². The quantitative estimate of drug-likeness (QED) is 0.543. The van der Waals surface area contributed by atoms with Crippen molar-refractivity contribution in [3.8, 4) is 0 Å². The lowest BCUT2D eigenvalue weighted by atomic mass is 10.1. The van der Waals surface area contributed by atoms with E-state index < -0.39 is 0 Å². The van der Waals surface area contributed by atoms with Gasteiger partial charge in [-0.25, -0.2) is 19.9 Å². The maximum Gasteiger partial charge on any atom is 0.263 e. The molecule has 1 aromatic carbocycles. The summed E-state index contributed by atoms with van der Waals surface area (Å²) in [5.41, 5.74) is 1.82. The number of hydrogen-bond acceptors (Lipinski definition) is 6. The molecule has 152 valence electrons. The summed E-state index contributed by atoms with van der Waals surface area (Å²) in [6.45, 7) is 2.95. The van der Waals surface area contributed by atoms with Gasteiger partial charge in [0.2, 0.25) is 0 Å². The lowest BCUT2D eigenvalue weighted by molar-refractivity contribution is 0.458. The van der Waals surface area contributed by atoms with Crippen molar-refractivity contribution in [2.75, 3.05) is 11.4 Å². The highest BCUT2D eigenvalue weighted by atomic mass is 35.5. The maximum atomic E-state index is 13.6. The summed E-state index contributed by atoms with van der Waals surface area (Å²) in [4.78, 5) is 37.0. The third-order valence-electron chi connectivity index (χ3n) is 6.41. The molecule has 1 N–H and O–H groups in total. The highest BCUT2D eigenvalue weighted by Crippen LogP contribution is 2.46. The topological polar surface area (TPSA) is 92.6 Å². The number of halogens is 1. The third kappa shape index (κ3) is 2.49. The molecule has 2 fully saturated rings. The number of H-pyrrole nitrogens is 1. The van der Waals surface area contributed by atoms with Gasteiger partial charge in [0.25, 0.3) is 5.56 Å². The molecule has 0 bridgehead atoms. The first-order valence-corrected chi connectivity index (χ1v) is 10.6. The number of aromatic nitrogens is 6. The van der Waals surface area contributed by atoms with Gasteiger partial charge in [-0.05, 0) is 44.7 Å². The number of aromatic amines is 1. The Morgan fingerprint density at radius 2 is 2.10 bits per heavy atom. The average Bonchev–Trinajstić information content (AvgIpc) is 3.14. The van der Waals surface area contributed by atoms with Crippen molar-refractivity contribution in [1.82, 2.24) is 29.5 Å². The Balaban J connectivity index is 1.59. The minimum atomic E-state index is -0.212. The summed E-state index contributed by atoms with van der Waals surface area (Å²) in [7, 11) is 0. The van der Waals surface area contributed by atoms with Crippen LogP contribution in [0.25, 0.3) is 22.1 Å². The van der Waals surface area contributed by atoms with Crippen molar-refractivity contribution in [3.05, 3.63) is 52.1 Å². The van der Waals surface area contributed by atoms with Crippen LogP contribution in [-0.4, -0.2) is 36.0 Å². The molecule has 1 aliphatic carbocycles. The predicted octanol–water partition coefficient (Wildman–Crippen LogP) is 3.57. The molecule has 1 saturated carbocycles. The van der Waals surface area contributed by atoms with Crippen molar-refractivity contribution in [1.29, 1.82) is 0 Å². The second-order valence-corrected chi connectivity index (χ2v) is 8.80. The molecule has 6 rings (SSSR count). The van der Waals surface area contributed by atoms with Gasteiger partial charge in [0, 0.05) is 12.1 Å². The van der Waals surface area contributed by atoms with Crippen LogP contribution < -0.4 is 10.5 Å². The molecule has 30 heavy (non-hydrogen) atoms. The Kier molecular flexibility index (Phi) is 3.71. The summed E-state index contributed by atoms with van der Waals surface area (Å²) in [5, 5.41) is 0.950. The van der Waals surface area contributed by atoms with Crippen LogP contribution in [0, 0.1) is 0 Å². The molecule has 9 heteroatoms. The molecular weight excluding hydrogens is 402 g/mol. The number of fused-ring (bicyclic) bond motifs is 2. The molecule has 1 atom stereocenters. The van der Waals surface area contributed by atoms with E-state index in [0.717, 1.165) is 49.4 Å². The van der Waals surface area contributed by atoms with E-state index in [2.05, 4.69) is 31.8 Å². The Morgan fingerprint density at radius 3 is 2.93 bits per heavy atom. The van der Waals surface area contributed by atoms with Gasteiger partial charge >= 0.3 is 0 Å². The molecule has 0 spiro atoms. The van der Waals surface area contributed by atoms with Gasteiger partial charge in [-0.3, -0.25) is 9.36 Å². The van der Waals surface area contributed by atoms with Crippen molar-refractivity contribution >= 4 is 39.5 Å². The monoisotopic (exact) mass is 421 g/mol. The van der Waals surface area contributed by atoms with E-state index in [0.29, 0.717) is 21.6 Å². The van der Waals surface area contributed by atoms with Crippen LogP contribution in [0.2, 0.25) is 5.02 Å². The summed E-state index contributed by atoms with van der Waals surface area (Å²) < 4.78 is 1.90. The van der Waals surface area contributed by atoms with Gasteiger partial charge < -0.3 is 9.88 Å². The number of rotatable bonds is 3. The SMILES string of the molecule is CC1(n2c([C@@H]3CCCN3c3ncnc4nc[nH]c34)nc3cccc(Cl)c3c2=O)CC1. The molecule has 1 aliphatic heterocycles. The first-order chi connectivity index (χ1) is 14.6. The lowest BCUT2D eigenvalue weighted by Crippen LogP contribution is -2.37. The number of imidazole rings is 1. The number of hydrogen-bond donors (Lipinski definition) is 1. The van der Waals surface area contributed by atoms with Crippen molar-refractivity contribution in [2.24, 2.45) is 0 Å².